The highest BCUT2D eigenvalue weighted by Gasteiger charge is 2.44. The van der Waals surface area contributed by atoms with Gasteiger partial charge in [-0.3, -0.25) is 0 Å². The zero-order chi connectivity index (χ0) is 8.73. The Bertz CT molecular complexity index is 239. The minimum Gasteiger partial charge on any atom is -0.405 e. The van der Waals surface area contributed by atoms with E-state index in [1.165, 1.54) is 37.6 Å². The molecule has 3 rings (SSSR count). The van der Waals surface area contributed by atoms with Crippen molar-refractivity contribution in [2.24, 2.45) is 5.41 Å². The molecule has 1 saturated heterocycles. The van der Waals surface area contributed by atoms with E-state index in [2.05, 4.69) is 6.08 Å². The fourth-order valence-electron chi connectivity index (χ4n) is 2.38. The summed E-state index contributed by atoms with van der Waals surface area (Å²) in [6, 6.07) is 0. The molecule has 3 heteroatoms. The van der Waals surface area contributed by atoms with Gasteiger partial charge in [-0.1, -0.05) is 6.08 Å². The minimum atomic E-state index is 0.0103. The highest BCUT2D eigenvalue weighted by molar-refractivity contribution is 6.54. The second-order valence-corrected chi connectivity index (χ2v) is 4.56. The van der Waals surface area contributed by atoms with Gasteiger partial charge >= 0.3 is 7.12 Å². The van der Waals surface area contributed by atoms with E-state index in [1.807, 2.05) is 0 Å². The fourth-order valence-corrected chi connectivity index (χ4v) is 2.38. The lowest BCUT2D eigenvalue weighted by molar-refractivity contribution is 0.365. The van der Waals surface area contributed by atoms with Crippen molar-refractivity contribution in [3.63, 3.8) is 0 Å². The molecule has 0 atom stereocenters. The number of rotatable bonds is 1. The third-order valence-corrected chi connectivity index (χ3v) is 3.62. The molecule has 0 N–H and O–H groups in total. The summed E-state index contributed by atoms with van der Waals surface area (Å²) in [5.74, 6) is 0. The predicted octanol–water partition coefficient (Wildman–Crippen LogP) is 1.95. The van der Waals surface area contributed by atoms with Crippen LogP contribution in [0.4, 0.5) is 0 Å². The van der Waals surface area contributed by atoms with Crippen LogP contribution in [0.5, 0.6) is 0 Å². The SMILES string of the molecule is C1=C(B2OCCO2)CCC2(C1)CC2. The van der Waals surface area contributed by atoms with Crippen LogP contribution in [0.25, 0.3) is 0 Å². The lowest BCUT2D eigenvalue weighted by Gasteiger charge is -2.21. The average molecular weight is 178 g/mol. The van der Waals surface area contributed by atoms with Crippen molar-refractivity contribution in [1.29, 1.82) is 0 Å². The van der Waals surface area contributed by atoms with E-state index in [1.54, 1.807) is 0 Å². The molecule has 0 aromatic rings. The van der Waals surface area contributed by atoms with Gasteiger partial charge in [-0.2, -0.15) is 0 Å². The van der Waals surface area contributed by atoms with Gasteiger partial charge in [-0.05, 0) is 43.0 Å². The summed E-state index contributed by atoms with van der Waals surface area (Å²) < 4.78 is 11.0. The lowest BCUT2D eigenvalue weighted by atomic mass is 9.70. The van der Waals surface area contributed by atoms with E-state index in [4.69, 9.17) is 9.31 Å². The normalized spacial score (nSPS) is 30.8. The second-order valence-electron chi connectivity index (χ2n) is 4.56. The largest absolute Gasteiger partial charge is 0.489 e. The molecule has 0 bridgehead atoms. The van der Waals surface area contributed by atoms with Gasteiger partial charge in [0.15, 0.2) is 0 Å². The maximum Gasteiger partial charge on any atom is 0.489 e. The summed E-state index contributed by atoms with van der Waals surface area (Å²) in [4.78, 5) is 0. The molecule has 0 aromatic heterocycles. The molecule has 1 spiro atoms. The maximum absolute atomic E-state index is 5.49. The van der Waals surface area contributed by atoms with E-state index in [9.17, 15) is 0 Å². The van der Waals surface area contributed by atoms with Crippen LogP contribution in [0.15, 0.2) is 11.5 Å². The molecule has 1 aliphatic heterocycles. The average Bonchev–Trinajstić information content (AvgIpc) is 2.71. The van der Waals surface area contributed by atoms with Gasteiger partial charge in [0, 0.05) is 0 Å². The Labute approximate surface area is 79.4 Å². The first-order valence-electron chi connectivity index (χ1n) is 5.30. The standard InChI is InChI=1S/C10H15BO2/c1-3-10(5-6-10)4-2-9(1)11-12-7-8-13-11/h1H,2-8H2. The molecule has 2 nitrogen and oxygen atoms in total. The van der Waals surface area contributed by atoms with E-state index in [0.29, 0.717) is 0 Å². The molecular weight excluding hydrogens is 163 g/mol. The summed E-state index contributed by atoms with van der Waals surface area (Å²) in [6.07, 6.45) is 9.09. The number of allylic oxidation sites excluding steroid dienone is 2. The first-order valence-corrected chi connectivity index (χ1v) is 5.30. The van der Waals surface area contributed by atoms with Crippen molar-refractivity contribution in [3.8, 4) is 0 Å². The van der Waals surface area contributed by atoms with Crippen molar-refractivity contribution >= 4 is 7.12 Å². The number of hydrogen-bond acceptors (Lipinski definition) is 2. The van der Waals surface area contributed by atoms with Crippen LogP contribution in [0.1, 0.15) is 32.1 Å². The van der Waals surface area contributed by atoms with E-state index < -0.39 is 0 Å². The van der Waals surface area contributed by atoms with Crippen LogP contribution in [0, 0.1) is 5.41 Å². The Morgan fingerprint density at radius 3 is 2.46 bits per heavy atom. The molecule has 2 fully saturated rings. The Hall–Kier alpha value is -0.275. The molecule has 1 heterocycles. The van der Waals surface area contributed by atoms with E-state index >= 15 is 0 Å². The van der Waals surface area contributed by atoms with Crippen LogP contribution in [0.2, 0.25) is 0 Å². The summed E-state index contributed by atoms with van der Waals surface area (Å²) in [5, 5.41) is 0. The lowest BCUT2D eigenvalue weighted by Crippen LogP contribution is -2.21. The third kappa shape index (κ3) is 1.44. The summed E-state index contributed by atoms with van der Waals surface area (Å²) in [5.41, 5.74) is 2.12. The quantitative estimate of drug-likeness (QED) is 0.571. The van der Waals surface area contributed by atoms with Crippen molar-refractivity contribution in [3.05, 3.63) is 11.5 Å². The van der Waals surface area contributed by atoms with Gasteiger partial charge in [0.2, 0.25) is 0 Å². The Balaban J connectivity index is 1.68. The molecule has 0 unspecified atom stereocenters. The fraction of sp³-hybridized carbons (Fsp3) is 0.800. The van der Waals surface area contributed by atoms with Gasteiger partial charge in [0.1, 0.15) is 0 Å². The Morgan fingerprint density at radius 1 is 1.15 bits per heavy atom. The maximum atomic E-state index is 5.49. The van der Waals surface area contributed by atoms with E-state index in [0.717, 1.165) is 18.6 Å². The first-order chi connectivity index (χ1) is 6.38. The number of hydrogen-bond donors (Lipinski definition) is 0. The van der Waals surface area contributed by atoms with Gasteiger partial charge in [-0.15, -0.1) is 0 Å². The minimum absolute atomic E-state index is 0.0103. The Kier molecular flexibility index (Phi) is 1.77. The first kappa shape index (κ1) is 8.07. The monoisotopic (exact) mass is 178 g/mol. The summed E-state index contributed by atoms with van der Waals surface area (Å²) in [7, 11) is 0.0103. The highest BCUT2D eigenvalue weighted by atomic mass is 16.6. The predicted molar refractivity (Wildman–Crippen MR) is 51.3 cm³/mol. The van der Waals surface area contributed by atoms with Crippen LogP contribution in [-0.4, -0.2) is 20.3 Å². The van der Waals surface area contributed by atoms with Gasteiger partial charge in [-0.25, -0.2) is 0 Å². The second kappa shape index (κ2) is 2.86. The molecule has 70 valence electrons. The topological polar surface area (TPSA) is 18.5 Å². The molecule has 13 heavy (non-hydrogen) atoms. The molecule has 0 amide bonds. The van der Waals surface area contributed by atoms with Crippen molar-refractivity contribution in [2.45, 2.75) is 32.1 Å². The van der Waals surface area contributed by atoms with E-state index in [-0.39, 0.29) is 7.12 Å². The molecule has 2 aliphatic carbocycles. The molecule has 3 aliphatic rings. The van der Waals surface area contributed by atoms with Crippen LogP contribution < -0.4 is 0 Å². The summed E-state index contributed by atoms with van der Waals surface area (Å²) in [6.45, 7) is 1.54. The van der Waals surface area contributed by atoms with Gasteiger partial charge in [0.05, 0.1) is 13.2 Å². The zero-order valence-corrected chi connectivity index (χ0v) is 7.92. The Morgan fingerprint density at radius 2 is 1.92 bits per heavy atom. The zero-order valence-electron chi connectivity index (χ0n) is 7.92. The van der Waals surface area contributed by atoms with Crippen LogP contribution in [-0.2, 0) is 9.31 Å². The third-order valence-electron chi connectivity index (χ3n) is 3.62. The molecule has 1 saturated carbocycles. The highest BCUT2D eigenvalue weighted by Crippen LogP contribution is 2.55. The van der Waals surface area contributed by atoms with Gasteiger partial charge in [0.25, 0.3) is 0 Å². The smallest absolute Gasteiger partial charge is 0.405 e. The molecule has 0 aromatic carbocycles. The van der Waals surface area contributed by atoms with Crippen LogP contribution in [0.3, 0.4) is 0 Å². The molecule has 0 radical (unpaired) electrons. The molecular formula is C10H15BO2. The van der Waals surface area contributed by atoms with Crippen molar-refractivity contribution in [1.82, 2.24) is 0 Å². The van der Waals surface area contributed by atoms with Gasteiger partial charge < -0.3 is 9.31 Å². The van der Waals surface area contributed by atoms with Crippen molar-refractivity contribution in [2.75, 3.05) is 13.2 Å². The van der Waals surface area contributed by atoms with Crippen LogP contribution >= 0.6 is 0 Å². The van der Waals surface area contributed by atoms with Crippen molar-refractivity contribution < 1.29 is 9.31 Å². The summed E-state index contributed by atoms with van der Waals surface area (Å²) >= 11 is 0.